The summed E-state index contributed by atoms with van der Waals surface area (Å²) in [7, 11) is 0. The van der Waals surface area contributed by atoms with Crippen LogP contribution < -0.4 is 0 Å². The van der Waals surface area contributed by atoms with Gasteiger partial charge in [-0.3, -0.25) is 0 Å². The standard InChI is InChI=1S/C10H14F4N2O3/c1-6(17)2-3-8-15-7(16-19-8)4-18-5-10(13,14)9(11)12/h6,9,17H,2-5H2,1H3. The second kappa shape index (κ2) is 6.80. The number of alkyl halides is 4. The monoisotopic (exact) mass is 286 g/mol. The summed E-state index contributed by atoms with van der Waals surface area (Å²) in [6.07, 6.45) is -3.57. The van der Waals surface area contributed by atoms with Gasteiger partial charge in [0.2, 0.25) is 5.89 Å². The number of nitrogens with zero attached hydrogens (tertiary/aromatic N) is 2. The van der Waals surface area contributed by atoms with Crippen molar-refractivity contribution >= 4 is 0 Å². The van der Waals surface area contributed by atoms with Crippen molar-refractivity contribution in [3.05, 3.63) is 11.7 Å². The molecule has 9 heteroatoms. The molecule has 1 atom stereocenters. The summed E-state index contributed by atoms with van der Waals surface area (Å²) >= 11 is 0. The third-order valence-corrected chi connectivity index (χ3v) is 2.13. The van der Waals surface area contributed by atoms with E-state index in [-0.39, 0.29) is 11.7 Å². The van der Waals surface area contributed by atoms with E-state index >= 15 is 0 Å². The van der Waals surface area contributed by atoms with Gasteiger partial charge in [-0.1, -0.05) is 5.16 Å². The van der Waals surface area contributed by atoms with E-state index < -0.39 is 31.7 Å². The molecule has 0 saturated heterocycles. The number of aliphatic hydroxyl groups is 1. The Morgan fingerprint density at radius 3 is 2.68 bits per heavy atom. The zero-order valence-corrected chi connectivity index (χ0v) is 10.2. The van der Waals surface area contributed by atoms with Gasteiger partial charge in [0.25, 0.3) is 0 Å². The van der Waals surface area contributed by atoms with Crippen molar-refractivity contribution in [3.63, 3.8) is 0 Å². The number of ether oxygens (including phenoxy) is 1. The van der Waals surface area contributed by atoms with Gasteiger partial charge >= 0.3 is 12.3 Å². The highest BCUT2D eigenvalue weighted by atomic mass is 19.3. The minimum absolute atomic E-state index is 0.00865. The maximum absolute atomic E-state index is 12.5. The molecular formula is C10H14F4N2O3. The molecule has 1 aromatic heterocycles. The number of hydrogen-bond acceptors (Lipinski definition) is 5. The molecule has 0 radical (unpaired) electrons. The Balaban J connectivity index is 2.34. The minimum atomic E-state index is -4.20. The molecule has 0 spiro atoms. The highest BCUT2D eigenvalue weighted by Gasteiger charge is 2.41. The summed E-state index contributed by atoms with van der Waals surface area (Å²) in [4.78, 5) is 3.80. The predicted octanol–water partition coefficient (Wildman–Crippen LogP) is 1.80. The Labute approximate surface area is 106 Å². The molecule has 1 rings (SSSR count). The number of aryl methyl sites for hydroxylation is 1. The highest BCUT2D eigenvalue weighted by molar-refractivity contribution is 4.85. The molecule has 0 aliphatic heterocycles. The Morgan fingerprint density at radius 1 is 1.42 bits per heavy atom. The largest absolute Gasteiger partial charge is 0.393 e. The SMILES string of the molecule is CC(O)CCc1nc(COCC(F)(F)C(F)F)no1. The van der Waals surface area contributed by atoms with Crippen LogP contribution in [-0.4, -0.2) is 40.3 Å². The number of aromatic nitrogens is 2. The van der Waals surface area contributed by atoms with Crippen LogP contribution >= 0.6 is 0 Å². The Bertz CT molecular complexity index is 385. The van der Waals surface area contributed by atoms with Gasteiger partial charge in [-0.2, -0.15) is 13.8 Å². The molecule has 0 aliphatic rings. The summed E-state index contributed by atoms with van der Waals surface area (Å²) in [5.74, 6) is -3.98. The lowest BCUT2D eigenvalue weighted by Gasteiger charge is -2.14. The van der Waals surface area contributed by atoms with Crippen molar-refractivity contribution in [3.8, 4) is 0 Å². The van der Waals surface area contributed by atoms with Crippen LogP contribution in [0.25, 0.3) is 0 Å². The minimum Gasteiger partial charge on any atom is -0.393 e. The molecule has 5 nitrogen and oxygen atoms in total. The molecule has 0 saturated carbocycles. The van der Waals surface area contributed by atoms with Crippen molar-refractivity contribution < 1.29 is 31.9 Å². The Kier molecular flexibility index (Phi) is 5.67. The zero-order valence-electron chi connectivity index (χ0n) is 10.2. The molecule has 0 bridgehead atoms. The molecule has 110 valence electrons. The van der Waals surface area contributed by atoms with Gasteiger partial charge in [0, 0.05) is 6.42 Å². The molecule has 0 fully saturated rings. The third kappa shape index (κ3) is 5.52. The molecule has 0 aromatic carbocycles. The van der Waals surface area contributed by atoms with Crippen molar-refractivity contribution in [2.75, 3.05) is 6.61 Å². The van der Waals surface area contributed by atoms with Crippen LogP contribution in [0.15, 0.2) is 4.52 Å². The van der Waals surface area contributed by atoms with E-state index in [1.54, 1.807) is 6.92 Å². The highest BCUT2D eigenvalue weighted by Crippen LogP contribution is 2.23. The maximum Gasteiger partial charge on any atom is 0.330 e. The molecule has 0 amide bonds. The van der Waals surface area contributed by atoms with E-state index in [0.717, 1.165) is 0 Å². The quantitative estimate of drug-likeness (QED) is 0.738. The van der Waals surface area contributed by atoms with Crippen LogP contribution in [0, 0.1) is 0 Å². The number of hydrogen-bond donors (Lipinski definition) is 1. The number of halogens is 4. The zero-order chi connectivity index (χ0) is 14.5. The number of rotatable bonds is 8. The van der Waals surface area contributed by atoms with Crippen molar-refractivity contribution in [2.24, 2.45) is 0 Å². The first kappa shape index (κ1) is 15.8. The van der Waals surface area contributed by atoms with E-state index in [0.29, 0.717) is 12.8 Å². The molecule has 19 heavy (non-hydrogen) atoms. The summed E-state index contributed by atoms with van der Waals surface area (Å²) in [5, 5.41) is 12.5. The molecular weight excluding hydrogens is 272 g/mol. The van der Waals surface area contributed by atoms with Gasteiger partial charge in [0.1, 0.15) is 13.2 Å². The van der Waals surface area contributed by atoms with E-state index in [1.807, 2.05) is 0 Å². The molecule has 1 aromatic rings. The van der Waals surface area contributed by atoms with Crippen LogP contribution in [0.2, 0.25) is 0 Å². The third-order valence-electron chi connectivity index (χ3n) is 2.13. The first-order valence-corrected chi connectivity index (χ1v) is 5.54. The van der Waals surface area contributed by atoms with Gasteiger partial charge in [-0.15, -0.1) is 0 Å². The second-order valence-electron chi connectivity index (χ2n) is 4.05. The smallest absolute Gasteiger partial charge is 0.330 e. The van der Waals surface area contributed by atoms with Crippen molar-refractivity contribution in [1.82, 2.24) is 10.1 Å². The average molecular weight is 286 g/mol. The van der Waals surface area contributed by atoms with Crippen molar-refractivity contribution in [1.29, 1.82) is 0 Å². The second-order valence-corrected chi connectivity index (χ2v) is 4.05. The van der Waals surface area contributed by atoms with Crippen LogP contribution in [0.4, 0.5) is 17.6 Å². The van der Waals surface area contributed by atoms with Crippen LogP contribution in [0.5, 0.6) is 0 Å². The summed E-state index contributed by atoms with van der Waals surface area (Å²) in [5.41, 5.74) is 0. The summed E-state index contributed by atoms with van der Waals surface area (Å²) in [6.45, 7) is -0.268. The lowest BCUT2D eigenvalue weighted by Crippen LogP contribution is -2.32. The van der Waals surface area contributed by atoms with Gasteiger partial charge in [0.15, 0.2) is 5.82 Å². The molecule has 1 heterocycles. The van der Waals surface area contributed by atoms with Gasteiger partial charge in [-0.25, -0.2) is 8.78 Å². The fourth-order valence-corrected chi connectivity index (χ4v) is 1.12. The van der Waals surface area contributed by atoms with Crippen molar-refractivity contribution in [2.45, 2.75) is 44.8 Å². The average Bonchev–Trinajstić information content (AvgIpc) is 2.74. The lowest BCUT2D eigenvalue weighted by atomic mass is 10.2. The Morgan fingerprint density at radius 2 is 2.11 bits per heavy atom. The van der Waals surface area contributed by atoms with E-state index in [9.17, 15) is 17.6 Å². The molecule has 1 N–H and O–H groups in total. The lowest BCUT2D eigenvalue weighted by molar-refractivity contribution is -0.168. The summed E-state index contributed by atoms with van der Waals surface area (Å²) < 4.78 is 57.8. The first-order valence-electron chi connectivity index (χ1n) is 5.54. The number of aliphatic hydroxyl groups excluding tert-OH is 1. The van der Waals surface area contributed by atoms with E-state index in [2.05, 4.69) is 14.9 Å². The normalized spacial score (nSPS) is 14.1. The Hall–Kier alpha value is -1.22. The van der Waals surface area contributed by atoms with Crippen LogP contribution in [0.1, 0.15) is 25.1 Å². The summed E-state index contributed by atoms with van der Waals surface area (Å²) in [6, 6.07) is 0. The predicted molar refractivity (Wildman–Crippen MR) is 54.9 cm³/mol. The maximum atomic E-state index is 12.5. The fourth-order valence-electron chi connectivity index (χ4n) is 1.12. The van der Waals surface area contributed by atoms with E-state index in [4.69, 9.17) is 9.63 Å². The molecule has 1 unspecified atom stereocenters. The topological polar surface area (TPSA) is 68.4 Å². The van der Waals surface area contributed by atoms with E-state index in [1.165, 1.54) is 0 Å². The van der Waals surface area contributed by atoms with Gasteiger partial charge in [-0.05, 0) is 13.3 Å². The first-order chi connectivity index (χ1) is 8.81. The van der Waals surface area contributed by atoms with Gasteiger partial charge in [0.05, 0.1) is 6.10 Å². The van der Waals surface area contributed by atoms with Crippen LogP contribution in [0.3, 0.4) is 0 Å². The van der Waals surface area contributed by atoms with Crippen LogP contribution in [-0.2, 0) is 17.8 Å². The fraction of sp³-hybridized carbons (Fsp3) is 0.800. The van der Waals surface area contributed by atoms with Gasteiger partial charge < -0.3 is 14.4 Å². The molecule has 0 aliphatic carbocycles.